The summed E-state index contributed by atoms with van der Waals surface area (Å²) in [6.45, 7) is 4.51. The molecule has 0 bridgehead atoms. The summed E-state index contributed by atoms with van der Waals surface area (Å²) in [5.74, 6) is -0.733. The molecule has 0 atom stereocenters. The van der Waals surface area contributed by atoms with Crippen LogP contribution in [0.4, 0.5) is 0 Å². The number of carbonyl (C=O) groups excluding carboxylic acids is 1. The average molecular weight is 260 g/mol. The predicted molar refractivity (Wildman–Crippen MR) is 64.3 cm³/mol. The first-order valence-corrected chi connectivity index (χ1v) is 6.79. The van der Waals surface area contributed by atoms with E-state index < -0.39 is 20.6 Å². The summed E-state index contributed by atoms with van der Waals surface area (Å²) >= 11 is 0. The summed E-state index contributed by atoms with van der Waals surface area (Å²) in [5, 5.41) is 0. The second-order valence-corrected chi connectivity index (χ2v) is 6.55. The molecule has 0 aliphatic heterocycles. The van der Waals surface area contributed by atoms with Crippen molar-refractivity contribution in [2.75, 3.05) is 6.61 Å². The molecule has 0 amide bonds. The predicted octanol–water partition coefficient (Wildman–Crippen LogP) is 1.80. The number of hydrogen-bond acceptors (Lipinski definition) is 4. The molecule has 94 valence electrons. The Bertz CT molecular complexity index is 488. The molecule has 1 rings (SSSR count). The molecule has 0 aliphatic carbocycles. The quantitative estimate of drug-likeness (QED) is 0.612. The number of carbonyl (C=O) groups is 1. The molecule has 0 saturated heterocycles. The SMILES string of the molecule is CCO[13C](=O)[13C]([13CH3])([13CH3])S(=O)(=O)c1ccccc1. The van der Waals surface area contributed by atoms with Gasteiger partial charge in [0, 0.05) is 0 Å². The highest BCUT2D eigenvalue weighted by molar-refractivity contribution is 7.93. The fraction of sp³-hybridized carbons (Fsp3) is 0.417. The van der Waals surface area contributed by atoms with Crippen LogP contribution in [0.25, 0.3) is 0 Å². The third kappa shape index (κ3) is 2.49. The molecule has 0 aromatic heterocycles. The molecular weight excluding hydrogens is 244 g/mol. The lowest BCUT2D eigenvalue weighted by Gasteiger charge is -2.22. The Balaban J connectivity index is 3.19. The van der Waals surface area contributed by atoms with Crippen molar-refractivity contribution in [3.8, 4) is 0 Å². The van der Waals surface area contributed by atoms with E-state index in [1.165, 1.54) is 26.0 Å². The summed E-state index contributed by atoms with van der Waals surface area (Å²) in [7, 11) is -3.73. The first kappa shape index (κ1) is 13.7. The zero-order valence-corrected chi connectivity index (χ0v) is 11.0. The van der Waals surface area contributed by atoms with Gasteiger partial charge in [0.15, 0.2) is 14.6 Å². The monoisotopic (exact) mass is 260 g/mol. The Morgan fingerprint density at radius 3 is 2.24 bits per heavy atom. The van der Waals surface area contributed by atoms with Crippen molar-refractivity contribution in [1.82, 2.24) is 0 Å². The van der Waals surface area contributed by atoms with Gasteiger partial charge in [-0.2, -0.15) is 0 Å². The molecular formula is C12H16O4S. The summed E-state index contributed by atoms with van der Waals surface area (Å²) in [6.07, 6.45) is 0. The van der Waals surface area contributed by atoms with Gasteiger partial charge >= 0.3 is 5.97 Å². The Hall–Kier alpha value is -1.36. The standard InChI is InChI=1S/C12H16O4S/c1-4-16-11(13)12(2,3)17(14,15)10-8-6-5-7-9-10/h5-9H,4H2,1-3H3/i2+1,3+1,11+1,12+1. The van der Waals surface area contributed by atoms with E-state index in [1.54, 1.807) is 25.1 Å². The number of ether oxygens (including phenoxy) is 1. The second-order valence-electron chi connectivity index (χ2n) is 4.05. The second kappa shape index (κ2) is 4.87. The van der Waals surface area contributed by atoms with Crippen molar-refractivity contribution >= 4 is 15.8 Å². The van der Waals surface area contributed by atoms with Crippen LogP contribution in [0, 0.1) is 0 Å². The molecule has 1 aromatic carbocycles. The largest absolute Gasteiger partial charge is 0.465 e. The van der Waals surface area contributed by atoms with Crippen LogP contribution in [-0.2, 0) is 19.4 Å². The van der Waals surface area contributed by atoms with Crippen molar-refractivity contribution in [3.05, 3.63) is 30.3 Å². The van der Waals surface area contributed by atoms with Crippen molar-refractivity contribution in [1.29, 1.82) is 0 Å². The van der Waals surface area contributed by atoms with E-state index in [0.717, 1.165) is 0 Å². The van der Waals surface area contributed by atoms with Gasteiger partial charge in [0.25, 0.3) is 0 Å². The maximum absolute atomic E-state index is 12.3. The topological polar surface area (TPSA) is 60.4 Å². The summed E-state index contributed by atoms with van der Waals surface area (Å²) in [5.41, 5.74) is 0. The minimum absolute atomic E-state index is 0.123. The molecule has 0 unspecified atom stereocenters. The van der Waals surface area contributed by atoms with Gasteiger partial charge in [-0.15, -0.1) is 0 Å². The third-order valence-electron chi connectivity index (χ3n) is 2.49. The first-order valence-electron chi connectivity index (χ1n) is 5.31. The molecule has 0 spiro atoms. The highest BCUT2D eigenvalue weighted by Gasteiger charge is 2.44. The molecule has 1 aromatic rings. The van der Waals surface area contributed by atoms with Gasteiger partial charge in [0.1, 0.15) is 0 Å². The van der Waals surface area contributed by atoms with Crippen LogP contribution in [0.2, 0.25) is 0 Å². The maximum Gasteiger partial charge on any atom is 0.327 e. The van der Waals surface area contributed by atoms with Gasteiger partial charge in [-0.3, -0.25) is 4.79 Å². The van der Waals surface area contributed by atoms with Crippen LogP contribution in [0.5, 0.6) is 0 Å². The van der Waals surface area contributed by atoms with E-state index in [9.17, 15) is 13.2 Å². The molecule has 5 heteroatoms. The molecule has 4 nitrogen and oxygen atoms in total. The zero-order valence-electron chi connectivity index (χ0n) is 10.1. The lowest BCUT2D eigenvalue weighted by Crippen LogP contribution is -2.42. The third-order valence-corrected chi connectivity index (χ3v) is 4.90. The van der Waals surface area contributed by atoms with Crippen LogP contribution >= 0.6 is 0 Å². The van der Waals surface area contributed by atoms with Gasteiger partial charge < -0.3 is 4.74 Å². The fourth-order valence-electron chi connectivity index (χ4n) is 1.31. The molecule has 0 radical (unpaired) electrons. The Morgan fingerprint density at radius 2 is 1.76 bits per heavy atom. The summed E-state index contributed by atoms with van der Waals surface area (Å²) in [6, 6.07) is 7.89. The van der Waals surface area contributed by atoms with E-state index in [-0.39, 0.29) is 11.5 Å². The van der Waals surface area contributed by atoms with E-state index in [2.05, 4.69) is 0 Å². The average Bonchev–Trinajstić information content (AvgIpc) is 2.30. The van der Waals surface area contributed by atoms with Gasteiger partial charge in [0.2, 0.25) is 0 Å². The minimum atomic E-state index is -3.73. The van der Waals surface area contributed by atoms with Crippen LogP contribution in [0.3, 0.4) is 0 Å². The zero-order chi connectivity index (χ0) is 13.1. The molecule has 0 saturated carbocycles. The van der Waals surface area contributed by atoms with Gasteiger partial charge in [-0.05, 0) is 32.9 Å². The molecule has 17 heavy (non-hydrogen) atoms. The van der Waals surface area contributed by atoms with E-state index in [1.807, 2.05) is 0 Å². The van der Waals surface area contributed by atoms with E-state index >= 15 is 0 Å². The van der Waals surface area contributed by atoms with Crippen molar-refractivity contribution in [3.63, 3.8) is 0 Å². The van der Waals surface area contributed by atoms with Crippen molar-refractivity contribution < 1.29 is 17.9 Å². The number of esters is 1. The van der Waals surface area contributed by atoms with Crippen LogP contribution < -0.4 is 0 Å². The summed E-state index contributed by atoms with van der Waals surface area (Å²) < 4.78 is 27.8. The number of hydrogen-bond donors (Lipinski definition) is 0. The van der Waals surface area contributed by atoms with Gasteiger partial charge in [-0.1, -0.05) is 18.2 Å². The van der Waals surface area contributed by atoms with E-state index in [4.69, 9.17) is 4.74 Å². The smallest absolute Gasteiger partial charge is 0.327 e. The number of sulfone groups is 1. The lowest BCUT2D eigenvalue weighted by molar-refractivity contribution is -0.145. The van der Waals surface area contributed by atoms with Gasteiger partial charge in [-0.25, -0.2) is 8.42 Å². The normalized spacial score (nSPS) is 12.2. The Morgan fingerprint density at radius 1 is 1.24 bits per heavy atom. The van der Waals surface area contributed by atoms with Crippen LogP contribution in [0.15, 0.2) is 35.2 Å². The molecule has 0 aliphatic rings. The molecule has 0 fully saturated rings. The van der Waals surface area contributed by atoms with Gasteiger partial charge in [0.05, 0.1) is 11.5 Å². The fourth-order valence-corrected chi connectivity index (χ4v) is 2.69. The highest BCUT2D eigenvalue weighted by atomic mass is 32.2. The number of benzene rings is 1. The minimum Gasteiger partial charge on any atom is -0.465 e. The Labute approximate surface area is 102 Å². The molecule has 0 heterocycles. The van der Waals surface area contributed by atoms with Crippen molar-refractivity contribution in [2.45, 2.75) is 30.4 Å². The lowest BCUT2D eigenvalue weighted by atomic mass is 10.4. The maximum atomic E-state index is 12.3. The summed E-state index contributed by atoms with van der Waals surface area (Å²) in [4.78, 5) is 11.8. The van der Waals surface area contributed by atoms with E-state index in [0.29, 0.717) is 0 Å². The van der Waals surface area contributed by atoms with Crippen LogP contribution in [-0.4, -0.2) is 25.7 Å². The van der Waals surface area contributed by atoms with Crippen LogP contribution in [0.1, 0.15) is 20.8 Å². The first-order chi connectivity index (χ1) is 7.84. The highest BCUT2D eigenvalue weighted by Crippen LogP contribution is 2.26. The number of rotatable bonds is 4. The Kier molecular flexibility index (Phi) is 3.93. The van der Waals surface area contributed by atoms with Crippen molar-refractivity contribution in [2.24, 2.45) is 0 Å². The molecule has 0 N–H and O–H groups in total.